The first-order valence-corrected chi connectivity index (χ1v) is 7.39. The van der Waals surface area contributed by atoms with Gasteiger partial charge in [-0.1, -0.05) is 17.5 Å². The maximum absolute atomic E-state index is 12.4. The Kier molecular flexibility index (Phi) is 3.66. The lowest BCUT2D eigenvalue weighted by Gasteiger charge is -2.18. The van der Waals surface area contributed by atoms with Crippen LogP contribution < -0.4 is 0 Å². The van der Waals surface area contributed by atoms with Crippen LogP contribution in [0, 0.1) is 18.3 Å². The van der Waals surface area contributed by atoms with Crippen LogP contribution in [0.1, 0.15) is 12.8 Å². The Labute approximate surface area is 112 Å². The third-order valence-corrected chi connectivity index (χ3v) is 5.15. The van der Waals surface area contributed by atoms with Crippen LogP contribution in [-0.2, 0) is 17.1 Å². The maximum atomic E-state index is 12.4. The molecule has 5 nitrogen and oxygen atoms in total. The average molecular weight is 288 g/mol. The molecule has 2 rings (SSSR count). The summed E-state index contributed by atoms with van der Waals surface area (Å²) >= 11 is 5.93. The van der Waals surface area contributed by atoms with Gasteiger partial charge in [0.15, 0.2) is 0 Å². The smallest absolute Gasteiger partial charge is 0.264 e. The van der Waals surface area contributed by atoms with Crippen LogP contribution >= 0.6 is 11.6 Å². The Morgan fingerprint density at radius 3 is 2.78 bits per heavy atom. The predicted molar refractivity (Wildman–Crippen MR) is 68.5 cm³/mol. The third-order valence-electron chi connectivity index (χ3n) is 2.84. The molecule has 0 bridgehead atoms. The van der Waals surface area contributed by atoms with E-state index in [1.54, 1.807) is 7.05 Å². The number of sulfonamides is 1. The van der Waals surface area contributed by atoms with E-state index >= 15 is 0 Å². The zero-order valence-electron chi connectivity index (χ0n) is 10.0. The summed E-state index contributed by atoms with van der Waals surface area (Å²) in [6.07, 6.45) is 8.70. The van der Waals surface area contributed by atoms with Gasteiger partial charge in [-0.3, -0.25) is 0 Å². The molecule has 1 saturated carbocycles. The van der Waals surface area contributed by atoms with Gasteiger partial charge in [-0.15, -0.1) is 6.42 Å². The number of imidazole rings is 1. The van der Waals surface area contributed by atoms with Crippen molar-refractivity contribution in [2.45, 2.75) is 17.9 Å². The second-order valence-electron chi connectivity index (χ2n) is 4.40. The number of terminal acetylenes is 1. The maximum Gasteiger partial charge on any atom is 0.264 e. The molecule has 0 N–H and O–H groups in total. The standard InChI is InChI=1S/C11H14ClN3O2S/c1-3-6-15(7-9-4-5-9)18(16,17)11-10(12)14(2)8-13-11/h1,8-9H,4-7H2,2H3. The summed E-state index contributed by atoms with van der Waals surface area (Å²) in [4.78, 5) is 3.85. The molecule has 0 atom stereocenters. The minimum atomic E-state index is -3.70. The number of nitrogens with zero attached hydrogens (tertiary/aromatic N) is 3. The first-order chi connectivity index (χ1) is 8.46. The van der Waals surface area contributed by atoms with Crippen molar-refractivity contribution in [2.24, 2.45) is 13.0 Å². The van der Waals surface area contributed by atoms with Crippen LogP contribution in [0.5, 0.6) is 0 Å². The minimum Gasteiger partial charge on any atom is -0.324 e. The normalized spacial score (nSPS) is 15.9. The van der Waals surface area contributed by atoms with Gasteiger partial charge >= 0.3 is 0 Å². The lowest BCUT2D eigenvalue weighted by molar-refractivity contribution is 0.428. The lowest BCUT2D eigenvalue weighted by Crippen LogP contribution is -2.33. The van der Waals surface area contributed by atoms with Crippen LogP contribution in [0.2, 0.25) is 5.15 Å². The highest BCUT2D eigenvalue weighted by Gasteiger charge is 2.34. The van der Waals surface area contributed by atoms with E-state index in [1.807, 2.05) is 0 Å². The quantitative estimate of drug-likeness (QED) is 0.762. The van der Waals surface area contributed by atoms with Crippen molar-refractivity contribution in [1.82, 2.24) is 13.9 Å². The molecule has 18 heavy (non-hydrogen) atoms. The zero-order valence-corrected chi connectivity index (χ0v) is 11.6. The summed E-state index contributed by atoms with van der Waals surface area (Å²) in [5, 5.41) is -0.0182. The molecule has 0 radical (unpaired) electrons. The monoisotopic (exact) mass is 287 g/mol. The second kappa shape index (κ2) is 4.92. The van der Waals surface area contributed by atoms with E-state index in [0.29, 0.717) is 12.5 Å². The molecule has 0 aliphatic heterocycles. The van der Waals surface area contributed by atoms with Gasteiger partial charge in [0, 0.05) is 13.6 Å². The topological polar surface area (TPSA) is 55.2 Å². The molecule has 1 aliphatic rings. The molecule has 0 aromatic carbocycles. The second-order valence-corrected chi connectivity index (χ2v) is 6.61. The third kappa shape index (κ3) is 2.53. The van der Waals surface area contributed by atoms with Crippen molar-refractivity contribution in [1.29, 1.82) is 0 Å². The molecule has 0 amide bonds. The van der Waals surface area contributed by atoms with E-state index in [4.69, 9.17) is 18.0 Å². The summed E-state index contributed by atoms with van der Waals surface area (Å²) in [6, 6.07) is 0. The van der Waals surface area contributed by atoms with Crippen molar-refractivity contribution >= 4 is 21.6 Å². The van der Waals surface area contributed by atoms with Gasteiger partial charge in [0.25, 0.3) is 10.0 Å². The molecule has 1 heterocycles. The van der Waals surface area contributed by atoms with Crippen LogP contribution in [0.4, 0.5) is 0 Å². The van der Waals surface area contributed by atoms with Crippen molar-refractivity contribution in [3.8, 4) is 12.3 Å². The van der Waals surface area contributed by atoms with Gasteiger partial charge in [0.2, 0.25) is 5.03 Å². The summed E-state index contributed by atoms with van der Waals surface area (Å²) in [5.41, 5.74) is 0. The van der Waals surface area contributed by atoms with Crippen molar-refractivity contribution in [2.75, 3.05) is 13.1 Å². The van der Waals surface area contributed by atoms with Crippen molar-refractivity contribution in [3.05, 3.63) is 11.5 Å². The van der Waals surface area contributed by atoms with E-state index in [2.05, 4.69) is 10.9 Å². The molecule has 1 fully saturated rings. The highest BCUT2D eigenvalue weighted by atomic mass is 35.5. The van der Waals surface area contributed by atoms with Crippen molar-refractivity contribution < 1.29 is 8.42 Å². The van der Waals surface area contributed by atoms with Gasteiger partial charge in [-0.25, -0.2) is 13.4 Å². The number of aryl methyl sites for hydroxylation is 1. The molecule has 1 aromatic rings. The Balaban J connectivity index is 2.32. The van der Waals surface area contributed by atoms with Gasteiger partial charge in [-0.05, 0) is 18.8 Å². The number of hydrogen-bond acceptors (Lipinski definition) is 3. The molecule has 0 spiro atoms. The minimum absolute atomic E-state index is 0.0474. The fourth-order valence-corrected chi connectivity index (χ4v) is 3.45. The molecule has 1 aromatic heterocycles. The van der Waals surface area contributed by atoms with Crippen LogP contribution in [0.3, 0.4) is 0 Å². The van der Waals surface area contributed by atoms with Gasteiger partial charge in [-0.2, -0.15) is 4.31 Å². The molecule has 0 unspecified atom stereocenters. The molecule has 7 heteroatoms. The van der Waals surface area contributed by atoms with Gasteiger partial charge in [0.1, 0.15) is 5.15 Å². The van der Waals surface area contributed by atoms with E-state index in [1.165, 1.54) is 15.2 Å². The van der Waals surface area contributed by atoms with Gasteiger partial charge < -0.3 is 4.57 Å². The molecular formula is C11H14ClN3O2S. The zero-order chi connectivity index (χ0) is 13.3. The largest absolute Gasteiger partial charge is 0.324 e. The van der Waals surface area contributed by atoms with E-state index in [0.717, 1.165) is 12.8 Å². The number of halogens is 1. The van der Waals surface area contributed by atoms with E-state index in [-0.39, 0.29) is 16.7 Å². The van der Waals surface area contributed by atoms with Crippen molar-refractivity contribution in [3.63, 3.8) is 0 Å². The van der Waals surface area contributed by atoms with Crippen LogP contribution in [0.15, 0.2) is 11.4 Å². The summed E-state index contributed by atoms with van der Waals surface area (Å²) in [6.45, 7) is 0.491. The Morgan fingerprint density at radius 2 is 2.33 bits per heavy atom. The Morgan fingerprint density at radius 1 is 1.67 bits per heavy atom. The molecule has 98 valence electrons. The number of rotatable bonds is 5. The van der Waals surface area contributed by atoms with E-state index in [9.17, 15) is 8.42 Å². The molecular weight excluding hydrogens is 274 g/mol. The number of hydrogen-bond donors (Lipinski definition) is 0. The Bertz CT molecular complexity index is 584. The summed E-state index contributed by atoms with van der Waals surface area (Å²) in [7, 11) is -2.06. The number of aromatic nitrogens is 2. The lowest BCUT2D eigenvalue weighted by atomic mass is 10.4. The highest BCUT2D eigenvalue weighted by Crippen LogP contribution is 2.32. The Hall–Kier alpha value is -1.03. The summed E-state index contributed by atoms with van der Waals surface area (Å²) < 4.78 is 27.5. The van der Waals surface area contributed by atoms with Gasteiger partial charge in [0.05, 0.1) is 12.9 Å². The SMILES string of the molecule is C#CCN(CC1CC1)S(=O)(=O)c1ncn(C)c1Cl. The fourth-order valence-electron chi connectivity index (χ4n) is 1.63. The molecule has 0 saturated heterocycles. The first-order valence-electron chi connectivity index (χ1n) is 5.57. The average Bonchev–Trinajstić information content (AvgIpc) is 3.06. The summed E-state index contributed by atoms with van der Waals surface area (Å²) in [5.74, 6) is 2.78. The van der Waals surface area contributed by atoms with Crippen LogP contribution in [-0.4, -0.2) is 35.4 Å². The van der Waals surface area contributed by atoms with Crippen LogP contribution in [0.25, 0.3) is 0 Å². The fraction of sp³-hybridized carbons (Fsp3) is 0.545. The molecule has 1 aliphatic carbocycles. The van der Waals surface area contributed by atoms with E-state index < -0.39 is 10.0 Å². The highest BCUT2D eigenvalue weighted by molar-refractivity contribution is 7.89. The first kappa shape index (κ1) is 13.4. The predicted octanol–water partition coefficient (Wildman–Crippen LogP) is 1.11.